The number of rotatable bonds is 4. The van der Waals surface area contributed by atoms with Gasteiger partial charge < -0.3 is 10.6 Å². The SMILES string of the molecule is Cc1cc(NC(=O)CN2CCNC[C@H]2C)n(-c2ccc(F)cc2)n1. The minimum atomic E-state index is -0.305. The fourth-order valence-corrected chi connectivity index (χ4v) is 2.85. The Morgan fingerprint density at radius 2 is 2.17 bits per heavy atom. The lowest BCUT2D eigenvalue weighted by Gasteiger charge is -2.33. The van der Waals surface area contributed by atoms with Gasteiger partial charge in [-0.3, -0.25) is 9.69 Å². The van der Waals surface area contributed by atoms with Crippen molar-refractivity contribution in [2.75, 3.05) is 31.5 Å². The zero-order chi connectivity index (χ0) is 17.1. The van der Waals surface area contributed by atoms with Gasteiger partial charge in [0.25, 0.3) is 0 Å². The summed E-state index contributed by atoms with van der Waals surface area (Å²) in [5.41, 5.74) is 1.49. The Bertz CT molecular complexity index is 712. The molecular weight excluding hydrogens is 309 g/mol. The van der Waals surface area contributed by atoms with Crippen molar-refractivity contribution in [3.05, 3.63) is 41.8 Å². The molecule has 1 aliphatic heterocycles. The van der Waals surface area contributed by atoms with Crippen molar-refractivity contribution in [2.24, 2.45) is 0 Å². The second-order valence-corrected chi connectivity index (χ2v) is 6.13. The summed E-state index contributed by atoms with van der Waals surface area (Å²) >= 11 is 0. The topological polar surface area (TPSA) is 62.2 Å². The molecule has 1 atom stereocenters. The Balaban J connectivity index is 1.73. The van der Waals surface area contributed by atoms with Gasteiger partial charge in [-0.1, -0.05) is 0 Å². The number of hydrogen-bond donors (Lipinski definition) is 2. The Morgan fingerprint density at radius 3 is 2.88 bits per heavy atom. The molecular formula is C17H22FN5O. The molecule has 0 radical (unpaired) electrons. The number of anilines is 1. The van der Waals surface area contributed by atoms with E-state index in [-0.39, 0.29) is 11.7 Å². The molecule has 1 fully saturated rings. The number of carbonyl (C=O) groups is 1. The van der Waals surface area contributed by atoms with Crippen molar-refractivity contribution in [3.63, 3.8) is 0 Å². The van der Waals surface area contributed by atoms with Crippen LogP contribution in [0.2, 0.25) is 0 Å². The predicted octanol–water partition coefficient (Wildman–Crippen LogP) is 1.55. The molecule has 0 spiro atoms. The molecule has 2 aromatic rings. The lowest BCUT2D eigenvalue weighted by Crippen LogP contribution is -2.52. The van der Waals surface area contributed by atoms with Crippen molar-refractivity contribution in [1.29, 1.82) is 0 Å². The molecule has 128 valence electrons. The lowest BCUT2D eigenvalue weighted by molar-refractivity contribution is -0.118. The molecule has 0 aliphatic carbocycles. The van der Waals surface area contributed by atoms with Gasteiger partial charge in [0.05, 0.1) is 17.9 Å². The summed E-state index contributed by atoms with van der Waals surface area (Å²) < 4.78 is 14.7. The van der Waals surface area contributed by atoms with Crippen LogP contribution in [0.5, 0.6) is 0 Å². The first-order valence-electron chi connectivity index (χ1n) is 8.10. The normalized spacial score (nSPS) is 18.5. The molecule has 2 N–H and O–H groups in total. The maximum atomic E-state index is 13.1. The number of aromatic nitrogens is 2. The van der Waals surface area contributed by atoms with Gasteiger partial charge in [-0.25, -0.2) is 9.07 Å². The standard InChI is InChI=1S/C17H22FN5O/c1-12-9-16(23(21-12)15-5-3-14(18)4-6-15)20-17(24)11-22-8-7-19-10-13(22)2/h3-6,9,13,19H,7-8,10-11H2,1-2H3,(H,20,24)/t13-/m1/s1. The van der Waals surface area contributed by atoms with Crippen LogP contribution in [0.4, 0.5) is 10.2 Å². The lowest BCUT2D eigenvalue weighted by atomic mass is 10.2. The zero-order valence-corrected chi connectivity index (χ0v) is 13.9. The van der Waals surface area contributed by atoms with Gasteiger partial charge >= 0.3 is 0 Å². The van der Waals surface area contributed by atoms with Crippen LogP contribution in [-0.4, -0.2) is 52.8 Å². The highest BCUT2D eigenvalue weighted by Crippen LogP contribution is 2.17. The molecule has 1 aromatic heterocycles. The molecule has 24 heavy (non-hydrogen) atoms. The van der Waals surface area contributed by atoms with Gasteiger partial charge in [-0.15, -0.1) is 0 Å². The van der Waals surface area contributed by atoms with Crippen molar-refractivity contribution >= 4 is 11.7 Å². The molecule has 1 amide bonds. The summed E-state index contributed by atoms with van der Waals surface area (Å²) in [6.07, 6.45) is 0. The van der Waals surface area contributed by atoms with E-state index >= 15 is 0 Å². The summed E-state index contributed by atoms with van der Waals surface area (Å²) in [5, 5.41) is 10.6. The average molecular weight is 331 g/mol. The van der Waals surface area contributed by atoms with Crippen LogP contribution in [-0.2, 0) is 4.79 Å². The monoisotopic (exact) mass is 331 g/mol. The molecule has 2 heterocycles. The van der Waals surface area contributed by atoms with E-state index in [1.165, 1.54) is 12.1 Å². The van der Waals surface area contributed by atoms with Gasteiger partial charge in [0, 0.05) is 31.7 Å². The van der Waals surface area contributed by atoms with Gasteiger partial charge in [0.1, 0.15) is 11.6 Å². The fourth-order valence-electron chi connectivity index (χ4n) is 2.85. The number of nitrogens with one attached hydrogen (secondary N) is 2. The van der Waals surface area contributed by atoms with Crippen LogP contribution in [0.1, 0.15) is 12.6 Å². The predicted molar refractivity (Wildman–Crippen MR) is 90.8 cm³/mol. The number of nitrogens with zero attached hydrogens (tertiary/aromatic N) is 3. The van der Waals surface area contributed by atoms with E-state index in [0.717, 1.165) is 25.3 Å². The average Bonchev–Trinajstić information content (AvgIpc) is 2.90. The van der Waals surface area contributed by atoms with Crippen molar-refractivity contribution in [1.82, 2.24) is 20.0 Å². The van der Waals surface area contributed by atoms with E-state index in [1.54, 1.807) is 16.8 Å². The highest BCUT2D eigenvalue weighted by molar-refractivity contribution is 5.91. The van der Waals surface area contributed by atoms with Crippen LogP contribution in [0.3, 0.4) is 0 Å². The maximum Gasteiger partial charge on any atom is 0.239 e. The first-order chi connectivity index (χ1) is 11.5. The van der Waals surface area contributed by atoms with E-state index in [1.807, 2.05) is 13.0 Å². The summed E-state index contributed by atoms with van der Waals surface area (Å²) in [6, 6.07) is 8.16. The number of piperazine rings is 1. The highest BCUT2D eigenvalue weighted by atomic mass is 19.1. The highest BCUT2D eigenvalue weighted by Gasteiger charge is 2.21. The van der Waals surface area contributed by atoms with Gasteiger partial charge in [0.15, 0.2) is 0 Å². The molecule has 1 saturated heterocycles. The van der Waals surface area contributed by atoms with E-state index in [2.05, 4.69) is 27.6 Å². The van der Waals surface area contributed by atoms with Crippen molar-refractivity contribution in [3.8, 4) is 5.69 Å². The Kier molecular flexibility index (Phi) is 4.92. The number of aryl methyl sites for hydroxylation is 1. The van der Waals surface area contributed by atoms with Crippen LogP contribution in [0.15, 0.2) is 30.3 Å². The number of carbonyl (C=O) groups excluding carboxylic acids is 1. The van der Waals surface area contributed by atoms with E-state index in [9.17, 15) is 9.18 Å². The zero-order valence-electron chi connectivity index (χ0n) is 13.9. The first kappa shape index (κ1) is 16.6. The molecule has 0 unspecified atom stereocenters. The van der Waals surface area contributed by atoms with E-state index in [4.69, 9.17) is 0 Å². The van der Waals surface area contributed by atoms with Gasteiger partial charge in [-0.05, 0) is 38.1 Å². The minimum Gasteiger partial charge on any atom is -0.314 e. The van der Waals surface area contributed by atoms with Gasteiger partial charge in [-0.2, -0.15) is 5.10 Å². The minimum absolute atomic E-state index is 0.0768. The second kappa shape index (κ2) is 7.11. The quantitative estimate of drug-likeness (QED) is 0.892. The largest absolute Gasteiger partial charge is 0.314 e. The number of amides is 1. The van der Waals surface area contributed by atoms with Crippen LogP contribution in [0, 0.1) is 12.7 Å². The third-order valence-electron chi connectivity index (χ3n) is 4.16. The Hall–Kier alpha value is -2.25. The first-order valence-corrected chi connectivity index (χ1v) is 8.10. The summed E-state index contributed by atoms with van der Waals surface area (Å²) in [6.45, 7) is 6.94. The fraction of sp³-hybridized carbons (Fsp3) is 0.412. The number of hydrogen-bond acceptors (Lipinski definition) is 4. The smallest absolute Gasteiger partial charge is 0.239 e. The number of benzene rings is 1. The molecule has 0 saturated carbocycles. The van der Waals surface area contributed by atoms with Crippen LogP contribution >= 0.6 is 0 Å². The molecule has 7 heteroatoms. The molecule has 1 aromatic carbocycles. The van der Waals surface area contributed by atoms with E-state index in [0.29, 0.717) is 24.1 Å². The number of halogens is 1. The molecule has 6 nitrogen and oxygen atoms in total. The molecule has 0 bridgehead atoms. The Morgan fingerprint density at radius 1 is 1.42 bits per heavy atom. The van der Waals surface area contributed by atoms with E-state index < -0.39 is 0 Å². The van der Waals surface area contributed by atoms with Crippen molar-refractivity contribution < 1.29 is 9.18 Å². The summed E-state index contributed by atoms with van der Waals surface area (Å²) in [4.78, 5) is 14.5. The second-order valence-electron chi connectivity index (χ2n) is 6.13. The molecule has 3 rings (SSSR count). The summed E-state index contributed by atoms with van der Waals surface area (Å²) in [7, 11) is 0. The summed E-state index contributed by atoms with van der Waals surface area (Å²) in [5.74, 6) is 0.208. The van der Waals surface area contributed by atoms with Crippen LogP contribution in [0.25, 0.3) is 5.69 Å². The van der Waals surface area contributed by atoms with Crippen molar-refractivity contribution in [2.45, 2.75) is 19.9 Å². The maximum absolute atomic E-state index is 13.1. The Labute approximate surface area is 140 Å². The van der Waals surface area contributed by atoms with Crippen LogP contribution < -0.4 is 10.6 Å². The third kappa shape index (κ3) is 3.80. The van der Waals surface area contributed by atoms with Gasteiger partial charge in [0.2, 0.25) is 5.91 Å². The molecule has 1 aliphatic rings. The third-order valence-corrected chi connectivity index (χ3v) is 4.16.